The van der Waals surface area contributed by atoms with Crippen LogP contribution in [0.2, 0.25) is 0 Å². The summed E-state index contributed by atoms with van der Waals surface area (Å²) in [6.45, 7) is 1.30. The molecule has 0 aliphatic carbocycles. The highest BCUT2D eigenvalue weighted by Gasteiger charge is 2.23. The summed E-state index contributed by atoms with van der Waals surface area (Å²) in [4.78, 5) is 13.8. The lowest BCUT2D eigenvalue weighted by Gasteiger charge is -2.22. The van der Waals surface area contributed by atoms with E-state index < -0.39 is 0 Å². The number of benzene rings is 1. The first kappa shape index (κ1) is 15.5. The van der Waals surface area contributed by atoms with Gasteiger partial charge in [0.1, 0.15) is 0 Å². The summed E-state index contributed by atoms with van der Waals surface area (Å²) >= 11 is 0. The summed E-state index contributed by atoms with van der Waals surface area (Å²) in [6, 6.07) is 9.10. The van der Waals surface area contributed by atoms with Gasteiger partial charge >= 0.3 is 0 Å². The average molecular weight is 280 g/mol. The lowest BCUT2D eigenvalue weighted by atomic mass is 10.1. The van der Waals surface area contributed by atoms with E-state index in [2.05, 4.69) is 6.07 Å². The minimum absolute atomic E-state index is 0. The molecule has 1 heterocycles. The van der Waals surface area contributed by atoms with E-state index in [0.29, 0.717) is 12.1 Å². The molecular formula is C14H18ClN3O. The minimum atomic E-state index is -0.369. The third-order valence-corrected chi connectivity index (χ3v) is 3.25. The van der Waals surface area contributed by atoms with Crippen LogP contribution in [-0.2, 0) is 11.3 Å². The van der Waals surface area contributed by atoms with Gasteiger partial charge in [-0.15, -0.1) is 12.4 Å². The molecule has 1 atom stereocenters. The van der Waals surface area contributed by atoms with Crippen LogP contribution in [0.1, 0.15) is 30.4 Å². The number of nitrogens with two attached hydrogens (primary N) is 1. The van der Waals surface area contributed by atoms with Crippen LogP contribution in [0.4, 0.5) is 0 Å². The predicted molar refractivity (Wildman–Crippen MR) is 75.6 cm³/mol. The Hall–Kier alpha value is -1.57. The molecular weight excluding hydrogens is 262 g/mol. The zero-order valence-electron chi connectivity index (χ0n) is 10.7. The van der Waals surface area contributed by atoms with Crippen molar-refractivity contribution in [1.29, 1.82) is 5.26 Å². The van der Waals surface area contributed by atoms with Gasteiger partial charge in [0.2, 0.25) is 5.91 Å². The molecule has 0 bridgehead atoms. The Balaban J connectivity index is 0.00000180. The molecule has 1 amide bonds. The quantitative estimate of drug-likeness (QED) is 0.898. The monoisotopic (exact) mass is 279 g/mol. The van der Waals surface area contributed by atoms with Gasteiger partial charge < -0.3 is 10.6 Å². The standard InChI is InChI=1S/C14H17N3O.ClH/c15-9-11-4-3-5-12(8-11)10-17-7-2-1-6-13(16)14(17)18;/h3-5,8,13H,1-2,6-7,10,16H2;1H. The summed E-state index contributed by atoms with van der Waals surface area (Å²) in [5.74, 6) is 0.0230. The maximum Gasteiger partial charge on any atom is 0.239 e. The number of carbonyl (C=O) groups excluding carboxylic acids is 1. The molecule has 5 heteroatoms. The number of hydrogen-bond acceptors (Lipinski definition) is 3. The van der Waals surface area contributed by atoms with Crippen LogP contribution in [0.5, 0.6) is 0 Å². The van der Waals surface area contributed by atoms with Crippen LogP contribution in [0.25, 0.3) is 0 Å². The maximum atomic E-state index is 12.0. The van der Waals surface area contributed by atoms with Crippen molar-refractivity contribution in [3.05, 3.63) is 35.4 Å². The van der Waals surface area contributed by atoms with Gasteiger partial charge in [0.15, 0.2) is 0 Å². The fraction of sp³-hybridized carbons (Fsp3) is 0.429. The second-order valence-corrected chi connectivity index (χ2v) is 4.67. The van der Waals surface area contributed by atoms with Crippen LogP contribution in [0, 0.1) is 11.3 Å². The van der Waals surface area contributed by atoms with Gasteiger partial charge in [-0.2, -0.15) is 5.26 Å². The number of nitriles is 1. The largest absolute Gasteiger partial charge is 0.337 e. The van der Waals surface area contributed by atoms with Crippen molar-refractivity contribution in [2.24, 2.45) is 5.73 Å². The molecule has 19 heavy (non-hydrogen) atoms. The van der Waals surface area contributed by atoms with Crippen molar-refractivity contribution >= 4 is 18.3 Å². The summed E-state index contributed by atoms with van der Waals surface area (Å²) in [5.41, 5.74) is 7.44. The minimum Gasteiger partial charge on any atom is -0.337 e. The molecule has 1 unspecified atom stereocenters. The predicted octanol–water partition coefficient (Wildman–Crippen LogP) is 1.82. The van der Waals surface area contributed by atoms with E-state index in [-0.39, 0.29) is 24.4 Å². The molecule has 0 saturated carbocycles. The fourth-order valence-corrected chi connectivity index (χ4v) is 2.25. The third kappa shape index (κ3) is 3.95. The van der Waals surface area contributed by atoms with Crippen molar-refractivity contribution in [3.63, 3.8) is 0 Å². The van der Waals surface area contributed by atoms with Crippen molar-refractivity contribution < 1.29 is 4.79 Å². The molecule has 0 spiro atoms. The molecule has 1 aromatic carbocycles. The van der Waals surface area contributed by atoms with E-state index in [1.165, 1.54) is 0 Å². The molecule has 1 fully saturated rings. The van der Waals surface area contributed by atoms with Crippen LogP contribution in [0.15, 0.2) is 24.3 Å². The Bertz CT molecular complexity index is 484. The highest BCUT2D eigenvalue weighted by Crippen LogP contribution is 2.14. The molecule has 0 aromatic heterocycles. The van der Waals surface area contributed by atoms with E-state index in [0.717, 1.165) is 31.4 Å². The summed E-state index contributed by atoms with van der Waals surface area (Å²) in [5, 5.41) is 8.86. The van der Waals surface area contributed by atoms with Crippen molar-refractivity contribution in [2.75, 3.05) is 6.54 Å². The van der Waals surface area contributed by atoms with Gasteiger partial charge in [0.05, 0.1) is 17.7 Å². The average Bonchev–Trinajstić information content (AvgIpc) is 2.55. The van der Waals surface area contributed by atoms with Crippen LogP contribution in [-0.4, -0.2) is 23.4 Å². The van der Waals surface area contributed by atoms with Crippen LogP contribution < -0.4 is 5.73 Å². The number of amides is 1. The van der Waals surface area contributed by atoms with Crippen molar-refractivity contribution in [1.82, 2.24) is 4.90 Å². The van der Waals surface area contributed by atoms with E-state index >= 15 is 0 Å². The first-order valence-electron chi connectivity index (χ1n) is 6.24. The van der Waals surface area contributed by atoms with E-state index in [1.807, 2.05) is 18.2 Å². The van der Waals surface area contributed by atoms with E-state index in [9.17, 15) is 4.79 Å². The molecule has 102 valence electrons. The van der Waals surface area contributed by atoms with Crippen LogP contribution in [0.3, 0.4) is 0 Å². The molecule has 0 radical (unpaired) electrons. The second-order valence-electron chi connectivity index (χ2n) is 4.67. The van der Waals surface area contributed by atoms with E-state index in [4.69, 9.17) is 11.0 Å². The van der Waals surface area contributed by atoms with Gasteiger partial charge in [-0.05, 0) is 37.0 Å². The Morgan fingerprint density at radius 1 is 1.42 bits per heavy atom. The Morgan fingerprint density at radius 2 is 2.21 bits per heavy atom. The zero-order valence-corrected chi connectivity index (χ0v) is 11.5. The van der Waals surface area contributed by atoms with Gasteiger partial charge in [-0.3, -0.25) is 4.79 Å². The van der Waals surface area contributed by atoms with Crippen molar-refractivity contribution in [2.45, 2.75) is 31.8 Å². The number of rotatable bonds is 2. The molecule has 4 nitrogen and oxygen atoms in total. The first-order valence-corrected chi connectivity index (χ1v) is 6.24. The van der Waals surface area contributed by atoms with Gasteiger partial charge in [-0.25, -0.2) is 0 Å². The fourth-order valence-electron chi connectivity index (χ4n) is 2.25. The maximum absolute atomic E-state index is 12.0. The molecule has 2 rings (SSSR count). The van der Waals surface area contributed by atoms with Gasteiger partial charge in [0, 0.05) is 13.1 Å². The third-order valence-electron chi connectivity index (χ3n) is 3.25. The number of nitrogens with zero attached hydrogens (tertiary/aromatic N) is 2. The number of hydrogen-bond donors (Lipinski definition) is 1. The lowest BCUT2D eigenvalue weighted by molar-refractivity contribution is -0.132. The van der Waals surface area contributed by atoms with Crippen molar-refractivity contribution in [3.8, 4) is 6.07 Å². The van der Waals surface area contributed by atoms with E-state index in [1.54, 1.807) is 11.0 Å². The Labute approximate surface area is 119 Å². The second kappa shape index (κ2) is 7.13. The highest BCUT2D eigenvalue weighted by atomic mass is 35.5. The van der Waals surface area contributed by atoms with Crippen LogP contribution >= 0.6 is 12.4 Å². The smallest absolute Gasteiger partial charge is 0.239 e. The summed E-state index contributed by atoms with van der Waals surface area (Å²) in [6.07, 6.45) is 2.77. The summed E-state index contributed by atoms with van der Waals surface area (Å²) in [7, 11) is 0. The number of halogens is 1. The van der Waals surface area contributed by atoms with Gasteiger partial charge in [0.25, 0.3) is 0 Å². The zero-order chi connectivity index (χ0) is 13.0. The molecule has 1 saturated heterocycles. The molecule has 1 aliphatic rings. The first-order chi connectivity index (χ1) is 8.70. The Kier molecular flexibility index (Phi) is 5.81. The lowest BCUT2D eigenvalue weighted by Crippen LogP contribution is -2.41. The molecule has 1 aromatic rings. The number of likely N-dealkylation sites (tertiary alicyclic amines) is 1. The highest BCUT2D eigenvalue weighted by molar-refractivity contribution is 5.85. The molecule has 2 N–H and O–H groups in total. The molecule has 1 aliphatic heterocycles. The summed E-state index contributed by atoms with van der Waals surface area (Å²) < 4.78 is 0. The Morgan fingerprint density at radius 3 is 2.95 bits per heavy atom. The normalized spacial score (nSPS) is 19.3. The topological polar surface area (TPSA) is 70.1 Å². The SMILES string of the molecule is Cl.N#Cc1cccc(CN2CCCCC(N)C2=O)c1. The van der Waals surface area contributed by atoms with Gasteiger partial charge in [-0.1, -0.05) is 12.1 Å². The number of carbonyl (C=O) groups is 1.